The van der Waals surface area contributed by atoms with Gasteiger partial charge in [-0.05, 0) is 56.7 Å². The van der Waals surface area contributed by atoms with Gasteiger partial charge in [-0.1, -0.05) is 0 Å². The van der Waals surface area contributed by atoms with E-state index in [4.69, 9.17) is 19.6 Å². The molecule has 0 aliphatic heterocycles. The molecule has 1 aromatic carbocycles. The largest absolute Gasteiger partial charge is 0.491 e. The highest BCUT2D eigenvalue weighted by atomic mass is 127. The second kappa shape index (κ2) is 11.8. The summed E-state index contributed by atoms with van der Waals surface area (Å²) in [5, 5.41) is 3.05. The van der Waals surface area contributed by atoms with Crippen LogP contribution in [0.2, 0.25) is 0 Å². The number of hydrogen-bond acceptors (Lipinski definition) is 4. The van der Waals surface area contributed by atoms with Crippen molar-refractivity contribution in [3.63, 3.8) is 0 Å². The third-order valence-electron chi connectivity index (χ3n) is 3.05. The number of nitrogens with two attached hydrogens (primary N) is 1. The van der Waals surface area contributed by atoms with Gasteiger partial charge in [0.2, 0.25) is 0 Å². The summed E-state index contributed by atoms with van der Waals surface area (Å²) < 4.78 is 16.3. The maximum atomic E-state index is 5.87. The fourth-order valence-electron chi connectivity index (χ4n) is 2.01. The predicted molar refractivity (Wildman–Crippen MR) is 111 cm³/mol. The minimum absolute atomic E-state index is 0. The molecule has 0 radical (unpaired) electrons. The van der Waals surface area contributed by atoms with Crippen molar-refractivity contribution in [1.82, 2.24) is 0 Å². The summed E-state index contributed by atoms with van der Waals surface area (Å²) in [6, 6.07) is 11.4. The molecular weight excluding hydrogens is 433 g/mol. The normalized spacial score (nSPS) is 11.2. The molecule has 1 aromatic heterocycles. The van der Waals surface area contributed by atoms with Crippen molar-refractivity contribution in [3.05, 3.63) is 48.4 Å². The summed E-state index contributed by atoms with van der Waals surface area (Å²) in [5.74, 6) is 2.04. The number of nitrogens with one attached hydrogen (secondary N) is 1. The van der Waals surface area contributed by atoms with E-state index in [-0.39, 0.29) is 30.1 Å². The molecule has 2 rings (SSSR count). The summed E-state index contributed by atoms with van der Waals surface area (Å²) >= 11 is 0. The smallest absolute Gasteiger partial charge is 0.193 e. The first-order valence-electron chi connectivity index (χ1n) is 8.07. The average molecular weight is 459 g/mol. The first-order valence-corrected chi connectivity index (χ1v) is 8.07. The molecule has 0 spiro atoms. The third kappa shape index (κ3) is 8.78. The van der Waals surface area contributed by atoms with Gasteiger partial charge in [-0.2, -0.15) is 0 Å². The van der Waals surface area contributed by atoms with E-state index in [1.165, 1.54) is 0 Å². The van der Waals surface area contributed by atoms with Crippen LogP contribution in [0.25, 0.3) is 0 Å². The molecule has 0 saturated heterocycles. The van der Waals surface area contributed by atoms with Gasteiger partial charge in [0.25, 0.3) is 0 Å². The van der Waals surface area contributed by atoms with Crippen LogP contribution in [0.1, 0.15) is 26.0 Å². The van der Waals surface area contributed by atoms with Crippen molar-refractivity contribution >= 4 is 35.6 Å². The van der Waals surface area contributed by atoms with Crippen LogP contribution < -0.4 is 15.8 Å². The first-order chi connectivity index (χ1) is 11.6. The molecule has 0 aliphatic rings. The molecule has 2 aromatic rings. The number of benzene rings is 1. The van der Waals surface area contributed by atoms with Gasteiger partial charge in [0.1, 0.15) is 18.1 Å². The number of guanidine groups is 1. The molecule has 138 valence electrons. The number of furan rings is 1. The summed E-state index contributed by atoms with van der Waals surface area (Å²) in [6.07, 6.45) is 2.59. The van der Waals surface area contributed by atoms with Crippen LogP contribution in [0.5, 0.6) is 5.75 Å². The lowest BCUT2D eigenvalue weighted by molar-refractivity contribution is 0.105. The number of aliphatic imine (C=N–C) groups is 1. The van der Waals surface area contributed by atoms with Crippen LogP contribution in [-0.4, -0.2) is 25.2 Å². The Hall–Kier alpha value is -1.74. The van der Waals surface area contributed by atoms with Crippen molar-refractivity contribution in [3.8, 4) is 5.75 Å². The maximum Gasteiger partial charge on any atom is 0.193 e. The Morgan fingerprint density at radius 2 is 2.00 bits per heavy atom. The van der Waals surface area contributed by atoms with E-state index < -0.39 is 0 Å². The van der Waals surface area contributed by atoms with E-state index in [0.29, 0.717) is 25.7 Å². The van der Waals surface area contributed by atoms with Crippen molar-refractivity contribution in [2.24, 2.45) is 10.7 Å². The second-order valence-corrected chi connectivity index (χ2v) is 5.57. The maximum absolute atomic E-state index is 5.87. The van der Waals surface area contributed by atoms with E-state index in [0.717, 1.165) is 23.6 Å². The molecule has 0 saturated carbocycles. The summed E-state index contributed by atoms with van der Waals surface area (Å²) in [6.45, 7) is 5.68. The van der Waals surface area contributed by atoms with Gasteiger partial charge in [-0.3, -0.25) is 4.99 Å². The molecule has 0 atom stereocenters. The van der Waals surface area contributed by atoms with Gasteiger partial charge in [0.05, 0.1) is 12.4 Å². The van der Waals surface area contributed by atoms with Gasteiger partial charge in [0, 0.05) is 18.8 Å². The van der Waals surface area contributed by atoms with Crippen molar-refractivity contribution < 1.29 is 13.9 Å². The van der Waals surface area contributed by atoms with Crippen molar-refractivity contribution in [2.75, 3.05) is 18.5 Å². The lowest BCUT2D eigenvalue weighted by atomic mass is 10.3. The van der Waals surface area contributed by atoms with Crippen LogP contribution in [0.3, 0.4) is 0 Å². The van der Waals surface area contributed by atoms with Gasteiger partial charge in [-0.15, -0.1) is 24.0 Å². The standard InChI is InChI=1S/C18H25N3O3.HI/c1-14(2)24-16-8-6-15(7-9-16)21-18(19)20-10-4-11-22-13-17-5-3-12-23-17;/h3,5-9,12,14H,4,10-11,13H2,1-2H3,(H3,19,20,21);1H. The Morgan fingerprint density at radius 3 is 2.64 bits per heavy atom. The zero-order valence-corrected chi connectivity index (χ0v) is 16.9. The Kier molecular flexibility index (Phi) is 10.0. The minimum atomic E-state index is 0. The average Bonchev–Trinajstić information content (AvgIpc) is 3.05. The molecule has 7 heteroatoms. The molecule has 1 heterocycles. The first kappa shape index (κ1) is 21.3. The van der Waals surface area contributed by atoms with Crippen LogP contribution in [0.4, 0.5) is 5.69 Å². The third-order valence-corrected chi connectivity index (χ3v) is 3.05. The molecule has 0 fully saturated rings. The Labute approximate surface area is 165 Å². The Bertz CT molecular complexity index is 613. The summed E-state index contributed by atoms with van der Waals surface area (Å²) in [4.78, 5) is 4.27. The quantitative estimate of drug-likeness (QED) is 0.256. The molecule has 0 bridgehead atoms. The van der Waals surface area contributed by atoms with E-state index >= 15 is 0 Å². The van der Waals surface area contributed by atoms with E-state index in [9.17, 15) is 0 Å². The molecule has 25 heavy (non-hydrogen) atoms. The second-order valence-electron chi connectivity index (χ2n) is 5.57. The number of hydrogen-bond donors (Lipinski definition) is 2. The van der Waals surface area contributed by atoms with Crippen molar-refractivity contribution in [1.29, 1.82) is 0 Å². The SMILES string of the molecule is CC(C)Oc1ccc(NC(N)=NCCCOCc2ccco2)cc1.I. The van der Waals surface area contributed by atoms with Gasteiger partial charge in [0.15, 0.2) is 5.96 Å². The molecule has 0 unspecified atom stereocenters. The topological polar surface area (TPSA) is 82.0 Å². The highest BCUT2D eigenvalue weighted by Gasteiger charge is 1.99. The fraction of sp³-hybridized carbons (Fsp3) is 0.389. The van der Waals surface area contributed by atoms with Crippen LogP contribution in [0.15, 0.2) is 52.1 Å². The van der Waals surface area contributed by atoms with Gasteiger partial charge < -0.3 is 24.9 Å². The number of anilines is 1. The summed E-state index contributed by atoms with van der Waals surface area (Å²) in [7, 11) is 0. The highest BCUT2D eigenvalue weighted by Crippen LogP contribution is 2.16. The number of halogens is 1. The molecular formula is C18H26IN3O3. The predicted octanol–water partition coefficient (Wildman–Crippen LogP) is 4.02. The lowest BCUT2D eigenvalue weighted by Gasteiger charge is -2.11. The number of rotatable bonds is 9. The Morgan fingerprint density at radius 1 is 1.24 bits per heavy atom. The van der Waals surface area contributed by atoms with E-state index in [1.54, 1.807) is 6.26 Å². The van der Waals surface area contributed by atoms with Gasteiger partial charge >= 0.3 is 0 Å². The molecule has 0 aliphatic carbocycles. The zero-order chi connectivity index (χ0) is 17.2. The van der Waals surface area contributed by atoms with Crippen LogP contribution >= 0.6 is 24.0 Å². The number of ether oxygens (including phenoxy) is 2. The zero-order valence-electron chi connectivity index (χ0n) is 14.6. The van der Waals surface area contributed by atoms with E-state index in [1.807, 2.05) is 50.2 Å². The minimum Gasteiger partial charge on any atom is -0.491 e. The van der Waals surface area contributed by atoms with Crippen LogP contribution in [0, 0.1) is 0 Å². The molecule has 6 nitrogen and oxygen atoms in total. The highest BCUT2D eigenvalue weighted by molar-refractivity contribution is 14.0. The Balaban J connectivity index is 0.00000312. The lowest BCUT2D eigenvalue weighted by Crippen LogP contribution is -2.23. The van der Waals surface area contributed by atoms with Crippen LogP contribution in [-0.2, 0) is 11.3 Å². The fourth-order valence-corrected chi connectivity index (χ4v) is 2.01. The number of nitrogens with zero attached hydrogens (tertiary/aromatic N) is 1. The van der Waals surface area contributed by atoms with Gasteiger partial charge in [-0.25, -0.2) is 0 Å². The monoisotopic (exact) mass is 459 g/mol. The summed E-state index contributed by atoms with van der Waals surface area (Å²) in [5.41, 5.74) is 6.74. The van der Waals surface area contributed by atoms with E-state index in [2.05, 4.69) is 10.3 Å². The molecule has 0 amide bonds. The van der Waals surface area contributed by atoms with Crippen molar-refractivity contribution in [2.45, 2.75) is 33.0 Å². The molecule has 3 N–H and O–H groups in total.